The van der Waals surface area contributed by atoms with Gasteiger partial charge in [-0.3, -0.25) is 4.90 Å². The average molecular weight is 317 g/mol. The maximum atomic E-state index is 10.2. The fourth-order valence-electron chi connectivity index (χ4n) is 2.99. The highest BCUT2D eigenvalue weighted by Crippen LogP contribution is 2.29. The molecule has 1 atom stereocenters. The molecule has 1 aromatic carbocycles. The summed E-state index contributed by atoms with van der Waals surface area (Å²) in [5.74, 6) is 0. The van der Waals surface area contributed by atoms with Gasteiger partial charge in [0.2, 0.25) is 0 Å². The van der Waals surface area contributed by atoms with Gasteiger partial charge in [0.1, 0.15) is 0 Å². The summed E-state index contributed by atoms with van der Waals surface area (Å²) < 4.78 is 0. The molecule has 0 aliphatic carbocycles. The fraction of sp³-hybridized carbons (Fsp3) is 0.444. The van der Waals surface area contributed by atoms with Crippen molar-refractivity contribution in [2.45, 2.75) is 31.4 Å². The van der Waals surface area contributed by atoms with E-state index in [9.17, 15) is 10.2 Å². The highest BCUT2D eigenvalue weighted by molar-refractivity contribution is 7.15. The van der Waals surface area contributed by atoms with Gasteiger partial charge in [-0.1, -0.05) is 30.3 Å². The van der Waals surface area contributed by atoms with Crippen molar-refractivity contribution in [2.75, 3.05) is 19.7 Å². The first-order valence-electron chi connectivity index (χ1n) is 7.88. The van der Waals surface area contributed by atoms with E-state index in [2.05, 4.69) is 41.3 Å². The third-order valence-electron chi connectivity index (χ3n) is 4.40. The molecule has 4 heteroatoms. The van der Waals surface area contributed by atoms with Crippen LogP contribution in [0.1, 0.15) is 24.1 Å². The van der Waals surface area contributed by atoms with Crippen LogP contribution >= 0.6 is 11.3 Å². The largest absolute Gasteiger partial charge is 0.393 e. The number of rotatable bonds is 4. The summed E-state index contributed by atoms with van der Waals surface area (Å²) in [5, 5.41) is 19.5. The minimum absolute atomic E-state index is 0.127. The fourth-order valence-corrected chi connectivity index (χ4v) is 4.05. The van der Waals surface area contributed by atoms with Crippen LogP contribution in [0.25, 0.3) is 10.4 Å². The average Bonchev–Trinajstić information content (AvgIpc) is 2.93. The monoisotopic (exact) mass is 317 g/mol. The Kier molecular flexibility index (Phi) is 4.93. The normalized spacial score (nSPS) is 23.4. The SMILES string of the molecule is OC[C@]1(O)CCCN(Cc2ccc(-c3ccccc3)s2)CC1. The van der Waals surface area contributed by atoms with Gasteiger partial charge in [0, 0.05) is 22.8 Å². The molecule has 2 heterocycles. The van der Waals surface area contributed by atoms with Crippen molar-refractivity contribution in [3.63, 3.8) is 0 Å². The predicted molar refractivity (Wildman–Crippen MR) is 90.9 cm³/mol. The Balaban J connectivity index is 1.63. The standard InChI is InChI=1S/C18H23NO2S/c20-14-18(21)9-4-11-19(12-10-18)13-16-7-8-17(22-16)15-5-2-1-3-6-15/h1-3,5-8,20-21H,4,9-14H2/t18-/m0/s1. The van der Waals surface area contributed by atoms with Crippen LogP contribution in [0.15, 0.2) is 42.5 Å². The second-order valence-corrected chi connectivity index (χ2v) is 7.31. The van der Waals surface area contributed by atoms with Crippen molar-refractivity contribution in [3.8, 4) is 10.4 Å². The van der Waals surface area contributed by atoms with Gasteiger partial charge in [-0.05, 0) is 43.5 Å². The molecule has 1 saturated heterocycles. The van der Waals surface area contributed by atoms with Gasteiger partial charge in [0.15, 0.2) is 0 Å². The van der Waals surface area contributed by atoms with Crippen molar-refractivity contribution in [1.29, 1.82) is 0 Å². The Morgan fingerprint density at radius 2 is 1.86 bits per heavy atom. The zero-order valence-corrected chi connectivity index (χ0v) is 13.6. The second-order valence-electron chi connectivity index (χ2n) is 6.14. The first-order chi connectivity index (χ1) is 10.7. The van der Waals surface area contributed by atoms with E-state index in [1.165, 1.54) is 15.3 Å². The van der Waals surface area contributed by atoms with Crippen LogP contribution < -0.4 is 0 Å². The highest BCUT2D eigenvalue weighted by Gasteiger charge is 2.29. The number of nitrogens with zero attached hydrogens (tertiary/aromatic N) is 1. The van der Waals surface area contributed by atoms with Gasteiger partial charge >= 0.3 is 0 Å². The topological polar surface area (TPSA) is 43.7 Å². The molecule has 2 aromatic rings. The van der Waals surface area contributed by atoms with Crippen LogP contribution in [0.4, 0.5) is 0 Å². The van der Waals surface area contributed by atoms with Gasteiger partial charge in [0.05, 0.1) is 12.2 Å². The minimum atomic E-state index is -0.876. The summed E-state index contributed by atoms with van der Waals surface area (Å²) in [6.45, 7) is 2.63. The number of hydrogen-bond donors (Lipinski definition) is 2. The van der Waals surface area contributed by atoms with Gasteiger partial charge in [-0.25, -0.2) is 0 Å². The van der Waals surface area contributed by atoms with E-state index in [4.69, 9.17) is 0 Å². The third-order valence-corrected chi connectivity index (χ3v) is 5.52. The number of benzene rings is 1. The molecule has 1 aromatic heterocycles. The van der Waals surface area contributed by atoms with Crippen LogP contribution in [0.2, 0.25) is 0 Å². The molecule has 22 heavy (non-hydrogen) atoms. The lowest BCUT2D eigenvalue weighted by Gasteiger charge is -2.24. The lowest BCUT2D eigenvalue weighted by molar-refractivity contribution is -0.0255. The first kappa shape index (κ1) is 15.7. The molecule has 118 valence electrons. The molecule has 2 N–H and O–H groups in total. The van der Waals surface area contributed by atoms with E-state index in [0.29, 0.717) is 12.8 Å². The van der Waals surface area contributed by atoms with Gasteiger partial charge in [-0.15, -0.1) is 11.3 Å². The zero-order chi connectivity index (χ0) is 15.4. The Morgan fingerprint density at radius 3 is 2.64 bits per heavy atom. The number of aliphatic hydroxyl groups excluding tert-OH is 1. The number of likely N-dealkylation sites (tertiary alicyclic amines) is 1. The summed E-state index contributed by atoms with van der Waals surface area (Å²) >= 11 is 1.84. The molecule has 1 aliphatic heterocycles. The maximum Gasteiger partial charge on any atom is 0.0890 e. The van der Waals surface area contributed by atoms with E-state index < -0.39 is 5.60 Å². The molecule has 0 unspecified atom stereocenters. The van der Waals surface area contributed by atoms with Crippen molar-refractivity contribution in [3.05, 3.63) is 47.3 Å². The summed E-state index contributed by atoms with van der Waals surface area (Å²) in [7, 11) is 0. The molecule has 1 fully saturated rings. The molecule has 0 amide bonds. The predicted octanol–water partition coefficient (Wildman–Crippen LogP) is 3.12. The Hall–Kier alpha value is -1.20. The van der Waals surface area contributed by atoms with E-state index in [1.54, 1.807) is 0 Å². The zero-order valence-electron chi connectivity index (χ0n) is 12.7. The van der Waals surface area contributed by atoms with Gasteiger partial charge < -0.3 is 10.2 Å². The van der Waals surface area contributed by atoms with Gasteiger partial charge in [-0.2, -0.15) is 0 Å². The molecule has 0 saturated carbocycles. The summed E-state index contributed by atoms with van der Waals surface area (Å²) in [5.41, 5.74) is 0.392. The van der Waals surface area contributed by atoms with Crippen LogP contribution in [-0.2, 0) is 6.54 Å². The summed E-state index contributed by atoms with van der Waals surface area (Å²) in [6, 6.07) is 14.9. The molecule has 0 spiro atoms. The van der Waals surface area contributed by atoms with Crippen LogP contribution in [0.3, 0.4) is 0 Å². The van der Waals surface area contributed by atoms with E-state index in [0.717, 1.165) is 26.1 Å². The molecule has 1 aliphatic rings. The van der Waals surface area contributed by atoms with Crippen LogP contribution in [-0.4, -0.2) is 40.4 Å². The Labute approximate surface area is 135 Å². The third kappa shape index (κ3) is 3.76. The highest BCUT2D eigenvalue weighted by atomic mass is 32.1. The smallest absolute Gasteiger partial charge is 0.0890 e. The second kappa shape index (κ2) is 6.92. The molecular weight excluding hydrogens is 294 g/mol. The quantitative estimate of drug-likeness (QED) is 0.910. The van der Waals surface area contributed by atoms with Crippen molar-refractivity contribution in [1.82, 2.24) is 4.90 Å². The number of aliphatic hydroxyl groups is 2. The Morgan fingerprint density at radius 1 is 1.05 bits per heavy atom. The molecule has 3 rings (SSSR count). The van der Waals surface area contributed by atoms with Gasteiger partial charge in [0.25, 0.3) is 0 Å². The van der Waals surface area contributed by atoms with E-state index >= 15 is 0 Å². The van der Waals surface area contributed by atoms with Crippen LogP contribution in [0, 0.1) is 0 Å². The number of thiophene rings is 1. The molecule has 3 nitrogen and oxygen atoms in total. The molecule has 0 radical (unpaired) electrons. The minimum Gasteiger partial charge on any atom is -0.393 e. The number of hydrogen-bond acceptors (Lipinski definition) is 4. The molecule has 0 bridgehead atoms. The Bertz CT molecular complexity index is 598. The van der Waals surface area contributed by atoms with Crippen molar-refractivity contribution in [2.24, 2.45) is 0 Å². The van der Waals surface area contributed by atoms with Crippen molar-refractivity contribution < 1.29 is 10.2 Å². The summed E-state index contributed by atoms with van der Waals surface area (Å²) in [4.78, 5) is 5.04. The van der Waals surface area contributed by atoms with Crippen molar-refractivity contribution >= 4 is 11.3 Å². The maximum absolute atomic E-state index is 10.2. The van der Waals surface area contributed by atoms with E-state index in [1.807, 2.05) is 17.4 Å². The first-order valence-corrected chi connectivity index (χ1v) is 8.70. The van der Waals surface area contributed by atoms with E-state index in [-0.39, 0.29) is 6.61 Å². The lowest BCUT2D eigenvalue weighted by Crippen LogP contribution is -2.34. The summed E-state index contributed by atoms with van der Waals surface area (Å²) in [6.07, 6.45) is 2.29. The molecular formula is C18H23NO2S. The van der Waals surface area contributed by atoms with Crippen LogP contribution in [0.5, 0.6) is 0 Å². The lowest BCUT2D eigenvalue weighted by atomic mass is 9.96.